The molecule has 4 nitrogen and oxygen atoms in total. The molecule has 0 saturated carbocycles. The molecule has 1 unspecified atom stereocenters. The summed E-state index contributed by atoms with van der Waals surface area (Å²) in [5.41, 5.74) is 2.97. The second kappa shape index (κ2) is 6.45. The van der Waals surface area contributed by atoms with Gasteiger partial charge in [-0.25, -0.2) is 0 Å². The van der Waals surface area contributed by atoms with Gasteiger partial charge in [0.1, 0.15) is 5.75 Å². The Kier molecular flexibility index (Phi) is 4.01. The van der Waals surface area contributed by atoms with Crippen molar-refractivity contribution in [2.24, 2.45) is 0 Å². The van der Waals surface area contributed by atoms with Gasteiger partial charge in [0.2, 0.25) is 0 Å². The van der Waals surface area contributed by atoms with Crippen LogP contribution in [0, 0.1) is 0 Å². The number of hydrogen-bond donors (Lipinski definition) is 0. The SMILES string of the molecule is O=C(C1Cc2ccccc2O1)N(Cc1ccsc1)c1cccnc1. The van der Waals surface area contributed by atoms with Gasteiger partial charge in [-0.15, -0.1) is 0 Å². The Balaban J connectivity index is 1.60. The van der Waals surface area contributed by atoms with Crippen LogP contribution < -0.4 is 9.64 Å². The van der Waals surface area contributed by atoms with Gasteiger partial charge in [0.25, 0.3) is 5.91 Å². The van der Waals surface area contributed by atoms with E-state index in [-0.39, 0.29) is 5.91 Å². The molecular weight excluding hydrogens is 320 g/mol. The number of anilines is 1. The molecule has 1 atom stereocenters. The van der Waals surface area contributed by atoms with E-state index in [1.165, 1.54) is 0 Å². The second-order valence-electron chi connectivity index (χ2n) is 5.69. The van der Waals surface area contributed by atoms with E-state index in [4.69, 9.17) is 4.74 Å². The normalized spacial score (nSPS) is 15.6. The number of fused-ring (bicyclic) bond motifs is 1. The van der Waals surface area contributed by atoms with Crippen LogP contribution in [0.2, 0.25) is 0 Å². The Hall–Kier alpha value is -2.66. The molecule has 24 heavy (non-hydrogen) atoms. The van der Waals surface area contributed by atoms with Gasteiger partial charge in [-0.05, 0) is 46.2 Å². The van der Waals surface area contributed by atoms with Crippen LogP contribution in [-0.2, 0) is 17.8 Å². The molecule has 1 aliphatic rings. The molecule has 1 aromatic carbocycles. The van der Waals surface area contributed by atoms with Crippen LogP contribution in [0.1, 0.15) is 11.1 Å². The number of amides is 1. The fourth-order valence-electron chi connectivity index (χ4n) is 2.87. The third-order valence-corrected chi connectivity index (χ3v) is 4.80. The summed E-state index contributed by atoms with van der Waals surface area (Å²) < 4.78 is 5.88. The minimum absolute atomic E-state index is 0.0367. The first-order valence-corrected chi connectivity index (χ1v) is 8.72. The number of hydrogen-bond acceptors (Lipinski definition) is 4. The van der Waals surface area contributed by atoms with Crippen LogP contribution in [0.25, 0.3) is 0 Å². The maximum absolute atomic E-state index is 13.1. The number of thiophene rings is 1. The molecular formula is C19H16N2O2S. The number of pyridine rings is 1. The van der Waals surface area contributed by atoms with Crippen LogP contribution in [0.15, 0.2) is 65.6 Å². The maximum atomic E-state index is 13.1. The summed E-state index contributed by atoms with van der Waals surface area (Å²) in [6.45, 7) is 0.518. The third-order valence-electron chi connectivity index (χ3n) is 4.07. The monoisotopic (exact) mass is 336 g/mol. The fraction of sp³-hybridized carbons (Fsp3) is 0.158. The highest BCUT2D eigenvalue weighted by molar-refractivity contribution is 7.07. The van der Waals surface area contributed by atoms with E-state index in [9.17, 15) is 4.79 Å². The Morgan fingerprint density at radius 3 is 2.92 bits per heavy atom. The molecule has 0 radical (unpaired) electrons. The maximum Gasteiger partial charge on any atom is 0.268 e. The minimum Gasteiger partial charge on any atom is -0.480 e. The van der Waals surface area contributed by atoms with Crippen LogP contribution in [-0.4, -0.2) is 17.0 Å². The molecule has 0 saturated heterocycles. The van der Waals surface area contributed by atoms with Crippen molar-refractivity contribution in [1.29, 1.82) is 0 Å². The summed E-state index contributed by atoms with van der Waals surface area (Å²) >= 11 is 1.63. The number of nitrogens with zero attached hydrogens (tertiary/aromatic N) is 2. The lowest BCUT2D eigenvalue weighted by Crippen LogP contribution is -2.41. The molecule has 2 aromatic heterocycles. The summed E-state index contributed by atoms with van der Waals surface area (Å²) in [6, 6.07) is 13.6. The lowest BCUT2D eigenvalue weighted by molar-refractivity contribution is -0.124. The summed E-state index contributed by atoms with van der Waals surface area (Å²) in [5, 5.41) is 4.07. The molecule has 4 rings (SSSR count). The second-order valence-corrected chi connectivity index (χ2v) is 6.47. The largest absolute Gasteiger partial charge is 0.480 e. The van der Waals surface area contributed by atoms with Crippen LogP contribution in [0.3, 0.4) is 0 Å². The lowest BCUT2D eigenvalue weighted by Gasteiger charge is -2.25. The van der Waals surface area contributed by atoms with Crippen molar-refractivity contribution in [3.63, 3.8) is 0 Å². The summed E-state index contributed by atoms with van der Waals surface area (Å²) in [7, 11) is 0. The average molecular weight is 336 g/mol. The van der Waals surface area contributed by atoms with E-state index >= 15 is 0 Å². The molecule has 0 spiro atoms. The summed E-state index contributed by atoms with van der Waals surface area (Å²) in [5.74, 6) is 0.767. The number of rotatable bonds is 4. The van der Waals surface area contributed by atoms with Gasteiger partial charge in [0.15, 0.2) is 6.10 Å². The van der Waals surface area contributed by atoms with Gasteiger partial charge in [0, 0.05) is 12.6 Å². The number of ether oxygens (including phenoxy) is 1. The first kappa shape index (κ1) is 14.9. The first-order chi connectivity index (χ1) is 11.8. The molecule has 120 valence electrons. The van der Waals surface area contributed by atoms with Gasteiger partial charge in [-0.2, -0.15) is 11.3 Å². The van der Waals surface area contributed by atoms with Crippen molar-refractivity contribution in [2.45, 2.75) is 19.1 Å². The highest BCUT2D eigenvalue weighted by Gasteiger charge is 2.33. The number of carbonyl (C=O) groups is 1. The molecule has 5 heteroatoms. The van der Waals surface area contributed by atoms with Crippen molar-refractivity contribution in [2.75, 3.05) is 4.90 Å². The Bertz CT molecular complexity index is 809. The number of aromatic nitrogens is 1. The zero-order valence-corrected chi connectivity index (χ0v) is 13.8. The smallest absolute Gasteiger partial charge is 0.268 e. The summed E-state index contributed by atoms with van der Waals surface area (Å²) in [4.78, 5) is 19.0. The Morgan fingerprint density at radius 1 is 1.25 bits per heavy atom. The van der Waals surface area contributed by atoms with Crippen molar-refractivity contribution in [3.05, 3.63) is 76.7 Å². The molecule has 1 amide bonds. The van der Waals surface area contributed by atoms with Gasteiger partial charge in [-0.3, -0.25) is 9.78 Å². The van der Waals surface area contributed by atoms with E-state index in [0.29, 0.717) is 13.0 Å². The van der Waals surface area contributed by atoms with Crippen molar-refractivity contribution in [1.82, 2.24) is 4.98 Å². The van der Waals surface area contributed by atoms with Crippen molar-refractivity contribution < 1.29 is 9.53 Å². The quantitative estimate of drug-likeness (QED) is 0.730. The van der Waals surface area contributed by atoms with E-state index in [1.54, 1.807) is 28.6 Å². The van der Waals surface area contributed by atoms with Crippen LogP contribution in [0.4, 0.5) is 5.69 Å². The molecule has 3 heterocycles. The topological polar surface area (TPSA) is 42.4 Å². The van der Waals surface area contributed by atoms with E-state index in [2.05, 4.69) is 10.4 Å². The number of carbonyl (C=O) groups excluding carboxylic acids is 1. The number of para-hydroxylation sites is 1. The summed E-state index contributed by atoms with van der Waals surface area (Å²) in [6.07, 6.45) is 3.54. The lowest BCUT2D eigenvalue weighted by atomic mass is 10.1. The third kappa shape index (κ3) is 2.90. The zero-order chi connectivity index (χ0) is 16.4. The van der Waals surface area contributed by atoms with Gasteiger partial charge in [-0.1, -0.05) is 18.2 Å². The Morgan fingerprint density at radius 2 is 2.17 bits per heavy atom. The predicted molar refractivity (Wildman–Crippen MR) is 94.3 cm³/mol. The standard InChI is InChI=1S/C19H16N2O2S/c22-19(18-10-15-4-1-2-6-17(15)23-18)21(12-14-7-9-24-13-14)16-5-3-8-20-11-16/h1-9,11,13,18H,10,12H2. The molecule has 0 bridgehead atoms. The van der Waals surface area contributed by atoms with Gasteiger partial charge >= 0.3 is 0 Å². The fourth-order valence-corrected chi connectivity index (χ4v) is 3.53. The molecule has 1 aliphatic heterocycles. The average Bonchev–Trinajstić information content (AvgIpc) is 3.29. The number of benzene rings is 1. The molecule has 0 N–H and O–H groups in total. The van der Waals surface area contributed by atoms with Gasteiger partial charge in [0.05, 0.1) is 18.4 Å². The molecule has 3 aromatic rings. The predicted octanol–water partition coefficient (Wildman–Crippen LogP) is 3.68. The van der Waals surface area contributed by atoms with Gasteiger partial charge < -0.3 is 9.64 Å². The van der Waals surface area contributed by atoms with E-state index < -0.39 is 6.10 Å². The van der Waals surface area contributed by atoms with Crippen molar-refractivity contribution in [3.8, 4) is 5.75 Å². The molecule has 0 fully saturated rings. The van der Waals surface area contributed by atoms with Crippen LogP contribution >= 0.6 is 11.3 Å². The van der Waals surface area contributed by atoms with E-state index in [0.717, 1.165) is 22.6 Å². The Labute approximate surface area is 144 Å². The highest BCUT2D eigenvalue weighted by Crippen LogP contribution is 2.30. The zero-order valence-electron chi connectivity index (χ0n) is 13.0. The van der Waals surface area contributed by atoms with Crippen molar-refractivity contribution >= 4 is 22.9 Å². The first-order valence-electron chi connectivity index (χ1n) is 7.78. The van der Waals surface area contributed by atoms with Crippen LogP contribution in [0.5, 0.6) is 5.75 Å². The highest BCUT2D eigenvalue weighted by atomic mass is 32.1. The minimum atomic E-state index is -0.485. The van der Waals surface area contributed by atoms with E-state index in [1.807, 2.05) is 47.8 Å². The molecule has 0 aliphatic carbocycles.